The zero-order valence-corrected chi connectivity index (χ0v) is 10.4. The molecule has 0 saturated carbocycles. The van der Waals surface area contributed by atoms with Crippen LogP contribution in [0.3, 0.4) is 0 Å². The Balaban J connectivity index is 2.60. The highest BCUT2D eigenvalue weighted by molar-refractivity contribution is 5.89. The second-order valence-electron chi connectivity index (χ2n) is 3.41. The van der Waals surface area contributed by atoms with Gasteiger partial charge in [0.2, 0.25) is 0 Å². The first-order valence-electron chi connectivity index (χ1n) is 5.59. The third-order valence-corrected chi connectivity index (χ3v) is 2.09. The first kappa shape index (κ1) is 13.8. The summed E-state index contributed by atoms with van der Waals surface area (Å²) in [6, 6.07) is 6.81. The Hall–Kier alpha value is -2.30. The third-order valence-electron chi connectivity index (χ3n) is 2.09. The second kappa shape index (κ2) is 7.11. The standard InChI is InChI=1S/C13H16N2O3/c1-3-18-12(16)9-6-10-4-7-11(8-5-10)15-13(17)14-2/h4-9H,3H2,1-2H3,(H2,14,15,17). The van der Waals surface area contributed by atoms with Crippen LogP contribution in [0.25, 0.3) is 6.08 Å². The fraction of sp³-hybridized carbons (Fsp3) is 0.231. The fourth-order valence-corrected chi connectivity index (χ4v) is 1.23. The quantitative estimate of drug-likeness (QED) is 0.632. The number of esters is 1. The zero-order valence-electron chi connectivity index (χ0n) is 10.4. The van der Waals surface area contributed by atoms with Gasteiger partial charge in [-0.1, -0.05) is 12.1 Å². The minimum Gasteiger partial charge on any atom is -0.463 e. The van der Waals surface area contributed by atoms with Crippen molar-refractivity contribution in [2.75, 3.05) is 19.0 Å². The molecule has 0 bridgehead atoms. The first-order valence-corrected chi connectivity index (χ1v) is 5.59. The Bertz CT molecular complexity index is 438. The van der Waals surface area contributed by atoms with E-state index in [0.717, 1.165) is 5.56 Å². The van der Waals surface area contributed by atoms with Crippen LogP contribution in [0.2, 0.25) is 0 Å². The lowest BCUT2D eigenvalue weighted by Crippen LogP contribution is -2.24. The molecule has 0 aliphatic heterocycles. The predicted molar refractivity (Wildman–Crippen MR) is 70.2 cm³/mol. The van der Waals surface area contributed by atoms with Gasteiger partial charge in [-0.25, -0.2) is 9.59 Å². The van der Waals surface area contributed by atoms with Crippen LogP contribution < -0.4 is 10.6 Å². The van der Waals surface area contributed by atoms with E-state index in [0.29, 0.717) is 12.3 Å². The molecule has 2 amide bonds. The third kappa shape index (κ3) is 4.69. The lowest BCUT2D eigenvalue weighted by molar-refractivity contribution is -0.137. The topological polar surface area (TPSA) is 67.4 Å². The Morgan fingerprint density at radius 3 is 2.50 bits per heavy atom. The van der Waals surface area contributed by atoms with Crippen molar-refractivity contribution in [1.29, 1.82) is 0 Å². The lowest BCUT2D eigenvalue weighted by Gasteiger charge is -2.04. The van der Waals surface area contributed by atoms with E-state index in [4.69, 9.17) is 4.74 Å². The van der Waals surface area contributed by atoms with Crippen LogP contribution in [0.15, 0.2) is 30.3 Å². The predicted octanol–water partition coefficient (Wildman–Crippen LogP) is 2.01. The van der Waals surface area contributed by atoms with Crippen LogP contribution >= 0.6 is 0 Å². The van der Waals surface area contributed by atoms with Crippen LogP contribution in [0.5, 0.6) is 0 Å². The molecule has 0 spiro atoms. The van der Waals surface area contributed by atoms with Crippen molar-refractivity contribution in [3.63, 3.8) is 0 Å². The Labute approximate surface area is 106 Å². The van der Waals surface area contributed by atoms with Gasteiger partial charge in [-0.15, -0.1) is 0 Å². The summed E-state index contributed by atoms with van der Waals surface area (Å²) in [4.78, 5) is 22.1. The molecule has 0 aromatic heterocycles. The van der Waals surface area contributed by atoms with E-state index < -0.39 is 0 Å². The minimum atomic E-state index is -0.370. The van der Waals surface area contributed by atoms with Gasteiger partial charge in [0.05, 0.1) is 6.61 Å². The summed E-state index contributed by atoms with van der Waals surface area (Å²) in [7, 11) is 1.55. The number of nitrogens with one attached hydrogen (secondary N) is 2. The van der Waals surface area contributed by atoms with Crippen molar-refractivity contribution >= 4 is 23.8 Å². The van der Waals surface area contributed by atoms with E-state index in [-0.39, 0.29) is 12.0 Å². The van der Waals surface area contributed by atoms with Crippen molar-refractivity contribution in [3.8, 4) is 0 Å². The second-order valence-corrected chi connectivity index (χ2v) is 3.41. The summed E-state index contributed by atoms with van der Waals surface area (Å²) in [5.41, 5.74) is 1.54. The number of urea groups is 1. The molecule has 0 radical (unpaired) electrons. The summed E-state index contributed by atoms with van der Waals surface area (Å²) < 4.78 is 4.76. The molecule has 0 fully saturated rings. The average Bonchev–Trinajstić information content (AvgIpc) is 2.38. The van der Waals surface area contributed by atoms with Crippen molar-refractivity contribution in [3.05, 3.63) is 35.9 Å². The number of benzene rings is 1. The maximum atomic E-state index is 11.1. The summed E-state index contributed by atoms with van der Waals surface area (Å²) in [5.74, 6) is -0.370. The molecular formula is C13H16N2O3. The van der Waals surface area contributed by atoms with Crippen LogP contribution in [-0.2, 0) is 9.53 Å². The maximum Gasteiger partial charge on any atom is 0.330 e. The molecule has 0 aliphatic carbocycles. The van der Waals surface area contributed by atoms with Gasteiger partial charge in [0.25, 0.3) is 0 Å². The molecule has 2 N–H and O–H groups in total. The summed E-state index contributed by atoms with van der Waals surface area (Å²) in [5, 5.41) is 5.10. The number of hydrogen-bond donors (Lipinski definition) is 2. The van der Waals surface area contributed by atoms with Crippen LogP contribution in [0.4, 0.5) is 10.5 Å². The zero-order chi connectivity index (χ0) is 13.4. The van der Waals surface area contributed by atoms with E-state index in [9.17, 15) is 9.59 Å². The van der Waals surface area contributed by atoms with Gasteiger partial charge in [0, 0.05) is 18.8 Å². The molecule has 1 aromatic rings. The highest BCUT2D eigenvalue weighted by Gasteiger charge is 1.98. The minimum absolute atomic E-state index is 0.273. The largest absolute Gasteiger partial charge is 0.463 e. The van der Waals surface area contributed by atoms with Crippen LogP contribution in [-0.4, -0.2) is 25.7 Å². The summed E-state index contributed by atoms with van der Waals surface area (Å²) in [6.45, 7) is 2.11. The molecule has 1 rings (SSSR count). The molecule has 0 aliphatic rings. The van der Waals surface area contributed by atoms with Gasteiger partial charge >= 0.3 is 12.0 Å². The summed E-state index contributed by atoms with van der Waals surface area (Å²) in [6.07, 6.45) is 3.02. The highest BCUT2D eigenvalue weighted by Crippen LogP contribution is 2.10. The average molecular weight is 248 g/mol. The molecular weight excluding hydrogens is 232 g/mol. The first-order chi connectivity index (χ1) is 8.65. The monoisotopic (exact) mass is 248 g/mol. The maximum absolute atomic E-state index is 11.1. The van der Waals surface area contributed by atoms with Crippen molar-refractivity contribution in [1.82, 2.24) is 5.32 Å². The van der Waals surface area contributed by atoms with E-state index >= 15 is 0 Å². The Kier molecular flexibility index (Phi) is 5.44. The smallest absolute Gasteiger partial charge is 0.330 e. The van der Waals surface area contributed by atoms with E-state index in [1.165, 1.54) is 6.08 Å². The number of anilines is 1. The number of ether oxygens (including phenoxy) is 1. The molecule has 0 unspecified atom stereocenters. The number of carbonyl (C=O) groups excluding carboxylic acids is 2. The van der Waals surface area contributed by atoms with Gasteiger partial charge < -0.3 is 15.4 Å². The molecule has 0 heterocycles. The molecule has 18 heavy (non-hydrogen) atoms. The van der Waals surface area contributed by atoms with Gasteiger partial charge in [-0.3, -0.25) is 0 Å². The number of rotatable bonds is 4. The molecule has 1 aromatic carbocycles. The molecule has 0 saturated heterocycles. The van der Waals surface area contributed by atoms with Gasteiger partial charge in [0.15, 0.2) is 0 Å². The van der Waals surface area contributed by atoms with Crippen LogP contribution in [0.1, 0.15) is 12.5 Å². The molecule has 0 atom stereocenters. The molecule has 5 heteroatoms. The van der Waals surface area contributed by atoms with Gasteiger partial charge in [-0.2, -0.15) is 0 Å². The van der Waals surface area contributed by atoms with Gasteiger partial charge in [-0.05, 0) is 30.7 Å². The normalized spacial score (nSPS) is 10.1. The van der Waals surface area contributed by atoms with Gasteiger partial charge in [0.1, 0.15) is 0 Å². The van der Waals surface area contributed by atoms with Crippen molar-refractivity contribution < 1.29 is 14.3 Å². The van der Waals surface area contributed by atoms with E-state index in [2.05, 4.69) is 10.6 Å². The Morgan fingerprint density at radius 2 is 1.94 bits per heavy atom. The van der Waals surface area contributed by atoms with E-state index in [1.54, 1.807) is 44.3 Å². The SMILES string of the molecule is CCOC(=O)C=Cc1ccc(NC(=O)NC)cc1. The molecule has 96 valence electrons. The number of amides is 2. The number of carbonyl (C=O) groups is 2. The fourth-order valence-electron chi connectivity index (χ4n) is 1.23. The van der Waals surface area contributed by atoms with Crippen molar-refractivity contribution in [2.45, 2.75) is 6.92 Å². The highest BCUT2D eigenvalue weighted by atomic mass is 16.5. The van der Waals surface area contributed by atoms with Crippen LogP contribution in [0, 0.1) is 0 Å². The Morgan fingerprint density at radius 1 is 1.28 bits per heavy atom. The van der Waals surface area contributed by atoms with E-state index in [1.807, 2.05) is 0 Å². The summed E-state index contributed by atoms with van der Waals surface area (Å²) >= 11 is 0. The lowest BCUT2D eigenvalue weighted by atomic mass is 10.2. The number of hydrogen-bond acceptors (Lipinski definition) is 3. The molecule has 5 nitrogen and oxygen atoms in total. The van der Waals surface area contributed by atoms with Crippen molar-refractivity contribution in [2.24, 2.45) is 0 Å².